The molecule has 1 heterocycles. The highest BCUT2D eigenvalue weighted by Gasteiger charge is 2.08. The molecule has 102 valence electrons. The van der Waals surface area contributed by atoms with Crippen LogP contribution in [0.25, 0.3) is 11.1 Å². The summed E-state index contributed by atoms with van der Waals surface area (Å²) in [6.07, 6.45) is 3.78. The maximum Gasteiger partial charge on any atom is 0.161 e. The number of methoxy groups -OCH3 is 2. The lowest BCUT2D eigenvalue weighted by Gasteiger charge is -2.11. The van der Waals surface area contributed by atoms with Crippen molar-refractivity contribution >= 4 is 0 Å². The fraction of sp³-hybridized carbons (Fsp3) is 0.357. The van der Waals surface area contributed by atoms with Crippen LogP contribution in [0.1, 0.15) is 0 Å². The summed E-state index contributed by atoms with van der Waals surface area (Å²) in [7, 11) is 5.17. The van der Waals surface area contributed by atoms with Crippen molar-refractivity contribution in [2.45, 2.75) is 0 Å². The van der Waals surface area contributed by atoms with Crippen LogP contribution in [-0.2, 0) is 11.8 Å². The highest BCUT2D eigenvalue weighted by molar-refractivity contribution is 5.65. The lowest BCUT2D eigenvalue weighted by molar-refractivity contribution is 0.144. The number of aryl methyl sites for hydroxylation is 1. The van der Waals surface area contributed by atoms with Crippen LogP contribution in [0.15, 0.2) is 30.6 Å². The van der Waals surface area contributed by atoms with Crippen LogP contribution in [0.3, 0.4) is 0 Å². The van der Waals surface area contributed by atoms with Crippen molar-refractivity contribution in [2.24, 2.45) is 7.05 Å². The molecule has 0 atom stereocenters. The van der Waals surface area contributed by atoms with E-state index < -0.39 is 0 Å². The average molecular weight is 262 g/mol. The molecule has 1 aromatic heterocycles. The molecule has 0 saturated carbocycles. The molecule has 0 radical (unpaired) electrons. The summed E-state index contributed by atoms with van der Waals surface area (Å²) < 4.78 is 17.7. The predicted octanol–water partition coefficient (Wildman–Crippen LogP) is 2.12. The topological polar surface area (TPSA) is 45.5 Å². The van der Waals surface area contributed by atoms with Gasteiger partial charge in [0.15, 0.2) is 11.5 Å². The Morgan fingerprint density at radius 2 is 1.95 bits per heavy atom. The van der Waals surface area contributed by atoms with Crippen LogP contribution < -0.4 is 9.47 Å². The molecular weight excluding hydrogens is 244 g/mol. The number of hydrogen-bond acceptors (Lipinski definition) is 4. The average Bonchev–Trinajstić information content (AvgIpc) is 2.86. The van der Waals surface area contributed by atoms with E-state index in [0.29, 0.717) is 24.7 Å². The molecule has 19 heavy (non-hydrogen) atoms. The fourth-order valence-electron chi connectivity index (χ4n) is 1.77. The van der Waals surface area contributed by atoms with E-state index >= 15 is 0 Å². The van der Waals surface area contributed by atoms with E-state index in [2.05, 4.69) is 5.10 Å². The van der Waals surface area contributed by atoms with E-state index in [0.717, 1.165) is 11.1 Å². The van der Waals surface area contributed by atoms with E-state index in [1.165, 1.54) is 0 Å². The SMILES string of the molecule is COCCOc1ccc(-c2cnn(C)c2)cc1OC. The zero-order valence-corrected chi connectivity index (χ0v) is 11.4. The minimum atomic E-state index is 0.499. The molecule has 2 aromatic rings. The zero-order chi connectivity index (χ0) is 13.7. The second kappa shape index (κ2) is 6.24. The molecule has 0 aliphatic rings. The highest BCUT2D eigenvalue weighted by atomic mass is 16.5. The quantitative estimate of drug-likeness (QED) is 0.748. The van der Waals surface area contributed by atoms with Crippen molar-refractivity contribution in [3.8, 4) is 22.6 Å². The summed E-state index contributed by atoms with van der Waals surface area (Å²) in [4.78, 5) is 0. The number of nitrogens with zero attached hydrogens (tertiary/aromatic N) is 2. The van der Waals surface area contributed by atoms with Crippen molar-refractivity contribution in [3.05, 3.63) is 30.6 Å². The van der Waals surface area contributed by atoms with Gasteiger partial charge in [0.25, 0.3) is 0 Å². The molecule has 0 aliphatic heterocycles. The Kier molecular flexibility index (Phi) is 4.41. The van der Waals surface area contributed by atoms with Crippen LogP contribution in [0.4, 0.5) is 0 Å². The zero-order valence-electron chi connectivity index (χ0n) is 11.4. The molecule has 1 aromatic carbocycles. The molecule has 2 rings (SSSR count). The van der Waals surface area contributed by atoms with Gasteiger partial charge in [-0.25, -0.2) is 0 Å². The normalized spacial score (nSPS) is 10.5. The molecule has 0 aliphatic carbocycles. The molecule has 0 bridgehead atoms. The molecule has 5 heteroatoms. The van der Waals surface area contributed by atoms with Crippen LogP contribution in [-0.4, -0.2) is 37.2 Å². The second-order valence-electron chi connectivity index (χ2n) is 4.11. The molecule has 0 spiro atoms. The van der Waals surface area contributed by atoms with Gasteiger partial charge in [0.05, 0.1) is 19.9 Å². The maximum absolute atomic E-state index is 5.59. The first-order valence-corrected chi connectivity index (χ1v) is 6.03. The second-order valence-corrected chi connectivity index (χ2v) is 4.11. The number of aromatic nitrogens is 2. The van der Waals surface area contributed by atoms with E-state index in [1.807, 2.05) is 37.6 Å². The molecule has 5 nitrogen and oxygen atoms in total. The van der Waals surface area contributed by atoms with Crippen LogP contribution in [0.2, 0.25) is 0 Å². The monoisotopic (exact) mass is 262 g/mol. The number of hydrogen-bond donors (Lipinski definition) is 0. The van der Waals surface area contributed by atoms with Gasteiger partial charge in [-0.15, -0.1) is 0 Å². The largest absolute Gasteiger partial charge is 0.493 e. The molecular formula is C14H18N2O3. The van der Waals surface area contributed by atoms with Gasteiger partial charge >= 0.3 is 0 Å². The van der Waals surface area contributed by atoms with Gasteiger partial charge in [0.2, 0.25) is 0 Å². The Morgan fingerprint density at radius 1 is 1.11 bits per heavy atom. The predicted molar refractivity (Wildman–Crippen MR) is 72.6 cm³/mol. The molecule has 0 N–H and O–H groups in total. The minimum Gasteiger partial charge on any atom is -0.493 e. The third-order valence-corrected chi connectivity index (χ3v) is 2.75. The lowest BCUT2D eigenvalue weighted by Crippen LogP contribution is -2.05. The summed E-state index contributed by atoms with van der Waals surface area (Å²) in [5.74, 6) is 1.42. The van der Waals surface area contributed by atoms with Crippen LogP contribution in [0.5, 0.6) is 11.5 Å². The lowest BCUT2D eigenvalue weighted by atomic mass is 10.1. The van der Waals surface area contributed by atoms with Gasteiger partial charge in [-0.3, -0.25) is 4.68 Å². The smallest absolute Gasteiger partial charge is 0.161 e. The minimum absolute atomic E-state index is 0.499. The van der Waals surface area contributed by atoms with Gasteiger partial charge in [-0.1, -0.05) is 6.07 Å². The van der Waals surface area contributed by atoms with Crippen molar-refractivity contribution in [3.63, 3.8) is 0 Å². The van der Waals surface area contributed by atoms with Gasteiger partial charge in [-0.2, -0.15) is 5.10 Å². The maximum atomic E-state index is 5.59. The summed E-state index contributed by atoms with van der Waals surface area (Å²) >= 11 is 0. The number of rotatable bonds is 6. The van der Waals surface area contributed by atoms with E-state index in [1.54, 1.807) is 18.9 Å². The standard InChI is InChI=1S/C14H18N2O3/c1-16-10-12(9-15-16)11-4-5-13(14(8-11)18-3)19-7-6-17-2/h4-5,8-10H,6-7H2,1-3H3. The third-order valence-electron chi connectivity index (χ3n) is 2.75. The highest BCUT2D eigenvalue weighted by Crippen LogP contribution is 2.32. The van der Waals surface area contributed by atoms with E-state index in [9.17, 15) is 0 Å². The molecule has 0 unspecified atom stereocenters. The Morgan fingerprint density at radius 3 is 2.58 bits per heavy atom. The number of ether oxygens (including phenoxy) is 3. The Labute approximate surface area is 112 Å². The van der Waals surface area contributed by atoms with Gasteiger partial charge in [-0.05, 0) is 17.7 Å². The van der Waals surface area contributed by atoms with Crippen molar-refractivity contribution in [1.82, 2.24) is 9.78 Å². The molecule has 0 amide bonds. The summed E-state index contributed by atoms with van der Waals surface area (Å²) in [6.45, 7) is 1.05. The van der Waals surface area contributed by atoms with E-state index in [4.69, 9.17) is 14.2 Å². The van der Waals surface area contributed by atoms with E-state index in [-0.39, 0.29) is 0 Å². The van der Waals surface area contributed by atoms with Crippen molar-refractivity contribution in [1.29, 1.82) is 0 Å². The van der Waals surface area contributed by atoms with Gasteiger partial charge < -0.3 is 14.2 Å². The Balaban J connectivity index is 2.20. The molecule has 0 fully saturated rings. The Hall–Kier alpha value is -2.01. The molecule has 0 saturated heterocycles. The first kappa shape index (κ1) is 13.4. The van der Waals surface area contributed by atoms with Crippen molar-refractivity contribution < 1.29 is 14.2 Å². The summed E-state index contributed by atoms with van der Waals surface area (Å²) in [5, 5.41) is 4.16. The van der Waals surface area contributed by atoms with Gasteiger partial charge in [0.1, 0.15) is 6.61 Å². The summed E-state index contributed by atoms with van der Waals surface area (Å²) in [6, 6.07) is 5.83. The third kappa shape index (κ3) is 3.26. The number of benzene rings is 1. The fourth-order valence-corrected chi connectivity index (χ4v) is 1.77. The first-order chi connectivity index (χ1) is 9.24. The van der Waals surface area contributed by atoms with Crippen LogP contribution in [0, 0.1) is 0 Å². The van der Waals surface area contributed by atoms with Crippen LogP contribution >= 0.6 is 0 Å². The van der Waals surface area contributed by atoms with Gasteiger partial charge in [0, 0.05) is 25.9 Å². The first-order valence-electron chi connectivity index (χ1n) is 6.03. The van der Waals surface area contributed by atoms with Crippen molar-refractivity contribution in [2.75, 3.05) is 27.4 Å². The summed E-state index contributed by atoms with van der Waals surface area (Å²) in [5.41, 5.74) is 2.09. The Bertz CT molecular complexity index is 537.